The minimum atomic E-state index is -3.43. The Balaban J connectivity index is 2.60. The molecule has 0 saturated carbocycles. The summed E-state index contributed by atoms with van der Waals surface area (Å²) in [6, 6.07) is 1.56. The number of hydrogen-bond donors (Lipinski definition) is 1. The minimum Gasteiger partial charge on any atom is -0.361 e. The molecule has 0 aliphatic rings. The van der Waals surface area contributed by atoms with E-state index in [1.54, 1.807) is 13.0 Å². The van der Waals surface area contributed by atoms with Crippen LogP contribution in [0.2, 0.25) is 0 Å². The van der Waals surface area contributed by atoms with E-state index in [-0.39, 0.29) is 17.3 Å². The van der Waals surface area contributed by atoms with E-state index in [4.69, 9.17) is 16.1 Å². The fourth-order valence-corrected chi connectivity index (χ4v) is 2.09. The van der Waals surface area contributed by atoms with Gasteiger partial charge < -0.3 is 4.52 Å². The molecule has 0 aliphatic heterocycles. The van der Waals surface area contributed by atoms with E-state index in [1.807, 2.05) is 0 Å². The monoisotopic (exact) mass is 250 g/mol. The standard InChI is InChI=1S/C8H11ClN2O3S/c1-6(9)4-10-15(12,13)5-8-3-7(2)14-11-8/h3,10H,1,4-5H2,2H3. The summed E-state index contributed by atoms with van der Waals surface area (Å²) in [5.41, 5.74) is 0.361. The second-order valence-electron chi connectivity index (χ2n) is 3.03. The Labute approximate surface area is 93.1 Å². The molecule has 84 valence electrons. The molecule has 1 heterocycles. The third-order valence-electron chi connectivity index (χ3n) is 1.50. The van der Waals surface area contributed by atoms with E-state index in [9.17, 15) is 8.42 Å². The van der Waals surface area contributed by atoms with Gasteiger partial charge in [-0.05, 0) is 6.92 Å². The average Bonchev–Trinajstić information content (AvgIpc) is 2.47. The molecule has 0 amide bonds. The molecule has 0 saturated heterocycles. The number of hydrogen-bond acceptors (Lipinski definition) is 4. The van der Waals surface area contributed by atoms with Gasteiger partial charge in [0.25, 0.3) is 0 Å². The fraction of sp³-hybridized carbons (Fsp3) is 0.375. The second kappa shape index (κ2) is 4.78. The lowest BCUT2D eigenvalue weighted by molar-refractivity contribution is 0.392. The van der Waals surface area contributed by atoms with Crippen LogP contribution in [0.15, 0.2) is 22.2 Å². The molecule has 5 nitrogen and oxygen atoms in total. The van der Waals surface area contributed by atoms with Crippen molar-refractivity contribution >= 4 is 21.6 Å². The summed E-state index contributed by atoms with van der Waals surface area (Å²) in [6.45, 7) is 5.08. The first-order chi connectivity index (χ1) is 6.89. The van der Waals surface area contributed by atoms with E-state index in [0.29, 0.717) is 11.5 Å². The van der Waals surface area contributed by atoms with E-state index in [2.05, 4.69) is 16.5 Å². The highest BCUT2D eigenvalue weighted by molar-refractivity contribution is 7.88. The topological polar surface area (TPSA) is 72.2 Å². The van der Waals surface area contributed by atoms with Gasteiger partial charge in [-0.3, -0.25) is 0 Å². The lowest BCUT2D eigenvalue weighted by Crippen LogP contribution is -2.26. The summed E-state index contributed by atoms with van der Waals surface area (Å²) in [6.07, 6.45) is 0. The first kappa shape index (κ1) is 12.2. The van der Waals surface area contributed by atoms with Gasteiger partial charge >= 0.3 is 0 Å². The summed E-state index contributed by atoms with van der Waals surface area (Å²) in [7, 11) is -3.43. The van der Waals surface area contributed by atoms with Crippen LogP contribution >= 0.6 is 11.6 Å². The maximum atomic E-state index is 11.4. The first-order valence-electron chi connectivity index (χ1n) is 4.12. The number of rotatable bonds is 5. The molecule has 0 aromatic carbocycles. The maximum Gasteiger partial charge on any atom is 0.217 e. The zero-order valence-electron chi connectivity index (χ0n) is 8.16. The molecule has 0 spiro atoms. The van der Waals surface area contributed by atoms with E-state index in [1.165, 1.54) is 0 Å². The SMILES string of the molecule is C=C(Cl)CNS(=O)(=O)Cc1cc(C)on1. The number of halogens is 1. The van der Waals surface area contributed by atoms with Crippen molar-refractivity contribution in [2.24, 2.45) is 0 Å². The molecule has 0 fully saturated rings. The van der Waals surface area contributed by atoms with Crippen LogP contribution < -0.4 is 4.72 Å². The van der Waals surface area contributed by atoms with Crippen molar-refractivity contribution in [1.82, 2.24) is 9.88 Å². The van der Waals surface area contributed by atoms with Gasteiger partial charge in [0.2, 0.25) is 10.0 Å². The van der Waals surface area contributed by atoms with Crippen LogP contribution in [0.3, 0.4) is 0 Å². The Morgan fingerprint density at radius 1 is 1.73 bits per heavy atom. The summed E-state index contributed by atoms with van der Waals surface area (Å²) < 4.78 is 29.9. The van der Waals surface area contributed by atoms with Crippen LogP contribution in [-0.2, 0) is 15.8 Å². The molecule has 0 radical (unpaired) electrons. The fourth-order valence-electron chi connectivity index (χ4n) is 0.920. The van der Waals surface area contributed by atoms with Gasteiger partial charge in [0.15, 0.2) is 0 Å². The maximum absolute atomic E-state index is 11.4. The molecule has 15 heavy (non-hydrogen) atoms. The third kappa shape index (κ3) is 4.46. The summed E-state index contributed by atoms with van der Waals surface area (Å²) in [4.78, 5) is 0. The zero-order valence-corrected chi connectivity index (χ0v) is 9.73. The van der Waals surface area contributed by atoms with Gasteiger partial charge in [-0.2, -0.15) is 0 Å². The lowest BCUT2D eigenvalue weighted by Gasteiger charge is -2.02. The number of nitrogens with zero attached hydrogens (tertiary/aromatic N) is 1. The van der Waals surface area contributed by atoms with Crippen LogP contribution in [0.25, 0.3) is 0 Å². The van der Waals surface area contributed by atoms with Crippen molar-refractivity contribution in [3.05, 3.63) is 29.1 Å². The predicted octanol–water partition coefficient (Wildman–Crippen LogP) is 1.15. The highest BCUT2D eigenvalue weighted by atomic mass is 35.5. The Morgan fingerprint density at radius 3 is 2.87 bits per heavy atom. The van der Waals surface area contributed by atoms with Gasteiger partial charge in [-0.1, -0.05) is 23.3 Å². The van der Waals surface area contributed by atoms with Gasteiger partial charge in [0.05, 0.1) is 0 Å². The normalized spacial score (nSPS) is 11.6. The lowest BCUT2D eigenvalue weighted by atomic mass is 10.4. The third-order valence-corrected chi connectivity index (χ3v) is 2.89. The van der Waals surface area contributed by atoms with E-state index >= 15 is 0 Å². The van der Waals surface area contributed by atoms with Crippen molar-refractivity contribution in [3.63, 3.8) is 0 Å². The number of aryl methyl sites for hydroxylation is 1. The van der Waals surface area contributed by atoms with Gasteiger partial charge in [0.1, 0.15) is 17.2 Å². The van der Waals surface area contributed by atoms with Gasteiger partial charge in [0, 0.05) is 17.6 Å². The van der Waals surface area contributed by atoms with Crippen LogP contribution in [0.5, 0.6) is 0 Å². The van der Waals surface area contributed by atoms with Crippen molar-refractivity contribution in [3.8, 4) is 0 Å². The smallest absolute Gasteiger partial charge is 0.217 e. The van der Waals surface area contributed by atoms with Crippen LogP contribution in [0, 0.1) is 6.92 Å². The van der Waals surface area contributed by atoms with Gasteiger partial charge in [-0.25, -0.2) is 13.1 Å². The summed E-state index contributed by atoms with van der Waals surface area (Å²) in [5, 5.41) is 3.81. The molecule has 0 unspecified atom stereocenters. The highest BCUT2D eigenvalue weighted by Crippen LogP contribution is 2.06. The van der Waals surface area contributed by atoms with Crippen molar-refractivity contribution in [1.29, 1.82) is 0 Å². The van der Waals surface area contributed by atoms with Crippen LogP contribution in [0.4, 0.5) is 0 Å². The molecule has 0 bridgehead atoms. The average molecular weight is 251 g/mol. The molecule has 1 aromatic heterocycles. The molecule has 1 N–H and O–H groups in total. The Bertz CT molecular complexity index is 452. The van der Waals surface area contributed by atoms with E-state index in [0.717, 1.165) is 0 Å². The quantitative estimate of drug-likeness (QED) is 0.851. The number of nitrogens with one attached hydrogen (secondary N) is 1. The number of sulfonamides is 1. The molecular formula is C8H11ClN2O3S. The zero-order chi connectivity index (χ0) is 11.5. The van der Waals surface area contributed by atoms with E-state index < -0.39 is 10.0 Å². The van der Waals surface area contributed by atoms with Crippen molar-refractivity contribution < 1.29 is 12.9 Å². The predicted molar refractivity (Wildman–Crippen MR) is 56.9 cm³/mol. The Morgan fingerprint density at radius 2 is 2.40 bits per heavy atom. The molecular weight excluding hydrogens is 240 g/mol. The Kier molecular flexibility index (Phi) is 3.90. The highest BCUT2D eigenvalue weighted by Gasteiger charge is 2.13. The molecule has 0 aliphatic carbocycles. The molecule has 7 heteroatoms. The summed E-state index contributed by atoms with van der Waals surface area (Å²) >= 11 is 5.44. The van der Waals surface area contributed by atoms with Gasteiger partial charge in [-0.15, -0.1) is 0 Å². The van der Waals surface area contributed by atoms with Crippen molar-refractivity contribution in [2.45, 2.75) is 12.7 Å². The molecule has 0 atom stereocenters. The molecule has 1 aromatic rings. The Hall–Kier alpha value is -0.850. The van der Waals surface area contributed by atoms with Crippen molar-refractivity contribution in [2.75, 3.05) is 6.54 Å². The van der Waals surface area contributed by atoms with Crippen LogP contribution in [-0.4, -0.2) is 20.1 Å². The summed E-state index contributed by atoms with van der Waals surface area (Å²) in [5.74, 6) is 0.344. The number of aromatic nitrogens is 1. The second-order valence-corrected chi connectivity index (χ2v) is 5.37. The largest absolute Gasteiger partial charge is 0.361 e. The minimum absolute atomic E-state index is 0.0146. The molecule has 1 rings (SSSR count). The first-order valence-corrected chi connectivity index (χ1v) is 6.15. The van der Waals surface area contributed by atoms with Crippen LogP contribution in [0.1, 0.15) is 11.5 Å².